The van der Waals surface area contributed by atoms with Crippen molar-refractivity contribution in [2.75, 3.05) is 38.6 Å². The van der Waals surface area contributed by atoms with Crippen LogP contribution in [0.2, 0.25) is 0 Å². The smallest absolute Gasteiger partial charge is 0.246 e. The molecule has 1 N–H and O–H groups in total. The molecule has 5 nitrogen and oxygen atoms in total. The summed E-state index contributed by atoms with van der Waals surface area (Å²) in [4.78, 5) is 16.5. The number of benzene rings is 1. The third-order valence-electron chi connectivity index (χ3n) is 5.14. The van der Waals surface area contributed by atoms with E-state index in [0.717, 1.165) is 49.0 Å². The number of nitrogens with one attached hydrogen (secondary N) is 1. The lowest BCUT2D eigenvalue weighted by atomic mass is 9.74. The zero-order valence-electron chi connectivity index (χ0n) is 15.4. The van der Waals surface area contributed by atoms with Crippen molar-refractivity contribution in [2.24, 2.45) is 0 Å². The minimum Gasteiger partial charge on any atom is -0.379 e. The Balaban J connectivity index is 1.66. The Bertz CT molecular complexity index is 899. The van der Waals surface area contributed by atoms with Crippen molar-refractivity contribution in [3.8, 4) is 6.07 Å². The standard InChI is InChI=1S/C21H21N3O2S2/c22-15-17-19(28-14-10-24-8-11-26-12-9-24)23-20(25)21(17,18-7-4-13-27-18)16-5-2-1-3-6-16/h1-7,13H,8-12,14H2,(H,23,25). The predicted molar refractivity (Wildman–Crippen MR) is 112 cm³/mol. The van der Waals surface area contributed by atoms with Crippen LogP contribution in [0.5, 0.6) is 0 Å². The van der Waals surface area contributed by atoms with Crippen LogP contribution in [0, 0.1) is 11.3 Å². The summed E-state index contributed by atoms with van der Waals surface area (Å²) in [5.74, 6) is 0.669. The summed E-state index contributed by atoms with van der Waals surface area (Å²) in [7, 11) is 0. The third-order valence-corrected chi connectivity index (χ3v) is 7.11. The molecule has 1 saturated heterocycles. The Morgan fingerprint density at radius 2 is 2.00 bits per heavy atom. The second-order valence-corrected chi connectivity index (χ2v) is 8.72. The van der Waals surface area contributed by atoms with Crippen molar-refractivity contribution in [3.05, 3.63) is 68.9 Å². The molecular weight excluding hydrogens is 390 g/mol. The molecule has 0 spiro atoms. The van der Waals surface area contributed by atoms with Crippen LogP contribution in [0.4, 0.5) is 0 Å². The van der Waals surface area contributed by atoms with E-state index < -0.39 is 5.41 Å². The molecule has 1 aromatic heterocycles. The minimum atomic E-state index is -1.06. The van der Waals surface area contributed by atoms with E-state index in [9.17, 15) is 10.1 Å². The number of morpholine rings is 1. The van der Waals surface area contributed by atoms with Gasteiger partial charge in [0.25, 0.3) is 0 Å². The number of rotatable bonds is 6. The molecule has 28 heavy (non-hydrogen) atoms. The number of ether oxygens (including phenoxy) is 1. The average molecular weight is 412 g/mol. The van der Waals surface area contributed by atoms with Crippen LogP contribution in [-0.2, 0) is 14.9 Å². The first-order valence-corrected chi connectivity index (χ1v) is 11.1. The van der Waals surface area contributed by atoms with Crippen molar-refractivity contribution in [3.63, 3.8) is 0 Å². The second kappa shape index (κ2) is 8.50. The maximum atomic E-state index is 13.3. The first-order chi connectivity index (χ1) is 13.8. The molecule has 2 aromatic rings. The Kier molecular flexibility index (Phi) is 5.83. The number of nitriles is 1. The molecule has 3 heterocycles. The van der Waals surface area contributed by atoms with E-state index in [1.165, 1.54) is 11.3 Å². The summed E-state index contributed by atoms with van der Waals surface area (Å²) >= 11 is 3.06. The average Bonchev–Trinajstić information content (AvgIpc) is 3.36. The fraction of sp³-hybridized carbons (Fsp3) is 0.333. The number of carbonyl (C=O) groups excluding carboxylic acids is 1. The molecule has 1 atom stereocenters. The molecule has 0 bridgehead atoms. The van der Waals surface area contributed by atoms with Crippen molar-refractivity contribution >= 4 is 29.0 Å². The summed E-state index contributed by atoms with van der Waals surface area (Å²) in [5, 5.41) is 15.7. The lowest BCUT2D eigenvalue weighted by Crippen LogP contribution is -2.39. The molecule has 1 fully saturated rings. The van der Waals surface area contributed by atoms with E-state index in [0.29, 0.717) is 10.6 Å². The number of thioether (sulfide) groups is 1. The van der Waals surface area contributed by atoms with E-state index in [-0.39, 0.29) is 5.91 Å². The lowest BCUT2D eigenvalue weighted by molar-refractivity contribution is -0.122. The Hall–Kier alpha value is -2.11. The zero-order valence-corrected chi connectivity index (χ0v) is 17.0. The summed E-state index contributed by atoms with van der Waals surface area (Å²) < 4.78 is 5.39. The molecule has 0 radical (unpaired) electrons. The molecule has 2 aliphatic rings. The largest absolute Gasteiger partial charge is 0.379 e. The fourth-order valence-electron chi connectivity index (χ4n) is 3.72. The molecule has 4 rings (SSSR count). The van der Waals surface area contributed by atoms with E-state index in [4.69, 9.17) is 4.74 Å². The van der Waals surface area contributed by atoms with Gasteiger partial charge in [-0.25, -0.2) is 0 Å². The first-order valence-electron chi connectivity index (χ1n) is 9.25. The Labute approximate surface area is 173 Å². The van der Waals surface area contributed by atoms with Gasteiger partial charge in [0, 0.05) is 30.3 Å². The number of thiophene rings is 1. The van der Waals surface area contributed by atoms with Gasteiger partial charge in [-0.05, 0) is 17.0 Å². The Morgan fingerprint density at radius 3 is 2.68 bits per heavy atom. The molecule has 0 aliphatic carbocycles. The number of hydrogen-bond donors (Lipinski definition) is 1. The van der Waals surface area contributed by atoms with Gasteiger partial charge in [0.2, 0.25) is 5.91 Å². The SMILES string of the molecule is N#CC1=C(SCCN2CCOCC2)NC(=O)C1(c1ccccc1)c1cccs1. The number of nitrogens with zero attached hydrogens (tertiary/aromatic N) is 2. The molecule has 2 aliphatic heterocycles. The third kappa shape index (κ3) is 3.38. The molecular formula is C21H21N3O2S2. The van der Waals surface area contributed by atoms with E-state index >= 15 is 0 Å². The van der Waals surface area contributed by atoms with Gasteiger partial charge < -0.3 is 10.1 Å². The van der Waals surface area contributed by atoms with E-state index in [1.54, 1.807) is 11.8 Å². The van der Waals surface area contributed by atoms with Gasteiger partial charge >= 0.3 is 0 Å². The fourth-order valence-corrected chi connectivity index (χ4v) is 5.73. The van der Waals surface area contributed by atoms with E-state index in [2.05, 4.69) is 16.3 Å². The summed E-state index contributed by atoms with van der Waals surface area (Å²) in [6, 6.07) is 15.8. The van der Waals surface area contributed by atoms with Crippen LogP contribution < -0.4 is 5.32 Å². The first kappa shape index (κ1) is 19.2. The van der Waals surface area contributed by atoms with Crippen molar-refractivity contribution in [2.45, 2.75) is 5.41 Å². The molecule has 1 unspecified atom stereocenters. The van der Waals surface area contributed by atoms with Gasteiger partial charge in [-0.3, -0.25) is 9.69 Å². The molecule has 1 amide bonds. The maximum Gasteiger partial charge on any atom is 0.246 e. The summed E-state index contributed by atoms with van der Waals surface area (Å²) in [6.07, 6.45) is 0. The van der Waals surface area contributed by atoms with Crippen molar-refractivity contribution < 1.29 is 9.53 Å². The van der Waals surface area contributed by atoms with Crippen LogP contribution in [0.3, 0.4) is 0 Å². The number of amides is 1. The highest BCUT2D eigenvalue weighted by atomic mass is 32.2. The topological polar surface area (TPSA) is 65.4 Å². The number of carbonyl (C=O) groups is 1. The highest BCUT2D eigenvalue weighted by Crippen LogP contribution is 2.47. The van der Waals surface area contributed by atoms with E-state index in [1.807, 2.05) is 47.8 Å². The quantitative estimate of drug-likeness (QED) is 0.792. The Morgan fingerprint density at radius 1 is 1.21 bits per heavy atom. The summed E-state index contributed by atoms with van der Waals surface area (Å²) in [6.45, 7) is 4.30. The van der Waals surface area contributed by atoms with Gasteiger partial charge in [0.15, 0.2) is 0 Å². The lowest BCUT2D eigenvalue weighted by Gasteiger charge is -2.26. The van der Waals surface area contributed by atoms with Crippen LogP contribution in [0.15, 0.2) is 58.4 Å². The molecule has 1 aromatic carbocycles. The second-order valence-electron chi connectivity index (χ2n) is 6.67. The maximum absolute atomic E-state index is 13.3. The predicted octanol–water partition coefficient (Wildman–Crippen LogP) is 2.96. The van der Waals surface area contributed by atoms with Gasteiger partial charge in [-0.2, -0.15) is 5.26 Å². The highest BCUT2D eigenvalue weighted by Gasteiger charge is 2.52. The molecule has 144 valence electrons. The van der Waals surface area contributed by atoms with Crippen LogP contribution in [-0.4, -0.2) is 49.4 Å². The monoisotopic (exact) mass is 411 g/mol. The van der Waals surface area contributed by atoms with Gasteiger partial charge in [0.1, 0.15) is 5.41 Å². The molecule has 0 saturated carbocycles. The van der Waals surface area contributed by atoms with Crippen molar-refractivity contribution in [1.82, 2.24) is 10.2 Å². The van der Waals surface area contributed by atoms with Gasteiger partial charge in [0.05, 0.1) is 29.9 Å². The summed E-state index contributed by atoms with van der Waals surface area (Å²) in [5.41, 5.74) is 0.263. The van der Waals surface area contributed by atoms with Crippen LogP contribution >= 0.6 is 23.1 Å². The van der Waals surface area contributed by atoms with Gasteiger partial charge in [-0.1, -0.05) is 36.4 Å². The number of hydrogen-bond acceptors (Lipinski definition) is 6. The van der Waals surface area contributed by atoms with Gasteiger partial charge in [-0.15, -0.1) is 23.1 Å². The minimum absolute atomic E-state index is 0.147. The highest BCUT2D eigenvalue weighted by molar-refractivity contribution is 8.03. The van der Waals surface area contributed by atoms with Crippen molar-refractivity contribution in [1.29, 1.82) is 5.26 Å². The molecule has 7 heteroatoms. The van der Waals surface area contributed by atoms with Crippen LogP contribution in [0.1, 0.15) is 10.4 Å². The zero-order chi connectivity index (χ0) is 19.4. The van der Waals surface area contributed by atoms with Crippen LogP contribution in [0.25, 0.3) is 0 Å². The normalized spacial score (nSPS) is 22.9.